The molecule has 0 aliphatic heterocycles. The van der Waals surface area contributed by atoms with Crippen LogP contribution in [0, 0.1) is 0 Å². The minimum atomic E-state index is -0.383. The van der Waals surface area contributed by atoms with E-state index in [4.69, 9.17) is 10.5 Å². The Kier molecular flexibility index (Phi) is 9.15. The first-order valence-corrected chi connectivity index (χ1v) is 10.5. The molecule has 0 radical (unpaired) electrons. The Bertz CT molecular complexity index is 807. The van der Waals surface area contributed by atoms with Crippen LogP contribution >= 0.6 is 15.9 Å². The number of likely N-dealkylation sites (N-methyl/N-ethyl adjacent to an activating group) is 1. The van der Waals surface area contributed by atoms with Crippen LogP contribution in [0.4, 0.5) is 5.69 Å². The number of benzene rings is 2. The van der Waals surface area contributed by atoms with Crippen LogP contribution in [-0.4, -0.2) is 49.5 Å². The summed E-state index contributed by atoms with van der Waals surface area (Å²) in [5.74, 6) is 0.0766. The summed E-state index contributed by atoms with van der Waals surface area (Å²) in [6.07, 6.45) is 0.182. The summed E-state index contributed by atoms with van der Waals surface area (Å²) in [5, 5.41) is 0. The average molecular weight is 462 g/mol. The fraction of sp³-hybridized carbons (Fsp3) is 0.364. The maximum atomic E-state index is 12.9. The van der Waals surface area contributed by atoms with E-state index in [9.17, 15) is 9.59 Å². The Morgan fingerprint density at radius 2 is 1.72 bits per heavy atom. The molecule has 0 aliphatic rings. The highest BCUT2D eigenvalue weighted by molar-refractivity contribution is 9.10. The number of primary amides is 1. The molecule has 0 unspecified atom stereocenters. The van der Waals surface area contributed by atoms with Gasteiger partial charge >= 0.3 is 0 Å². The molecule has 2 aromatic rings. The second kappa shape index (κ2) is 11.6. The Morgan fingerprint density at radius 3 is 2.31 bits per heavy atom. The molecule has 2 aromatic carbocycles. The van der Waals surface area contributed by atoms with Gasteiger partial charge in [0.25, 0.3) is 5.91 Å². The van der Waals surface area contributed by atoms with Crippen LogP contribution < -0.4 is 15.4 Å². The summed E-state index contributed by atoms with van der Waals surface area (Å²) in [5.41, 5.74) is 6.84. The number of carbonyl (C=O) groups excluding carboxylic acids is 2. The molecule has 2 N–H and O–H groups in total. The summed E-state index contributed by atoms with van der Waals surface area (Å²) in [7, 11) is 0. The van der Waals surface area contributed by atoms with Crippen molar-refractivity contribution in [3.63, 3.8) is 0 Å². The van der Waals surface area contributed by atoms with E-state index in [-0.39, 0.29) is 24.8 Å². The molecule has 0 aliphatic carbocycles. The van der Waals surface area contributed by atoms with E-state index < -0.39 is 0 Å². The summed E-state index contributed by atoms with van der Waals surface area (Å²) >= 11 is 3.47. The number of anilines is 1. The molecule has 156 valence electrons. The molecule has 0 spiro atoms. The molecule has 0 heterocycles. The van der Waals surface area contributed by atoms with Crippen molar-refractivity contribution in [2.24, 2.45) is 5.73 Å². The van der Waals surface area contributed by atoms with Crippen molar-refractivity contribution in [1.82, 2.24) is 4.90 Å². The van der Waals surface area contributed by atoms with Gasteiger partial charge in [-0.25, -0.2) is 0 Å². The highest BCUT2D eigenvalue weighted by atomic mass is 79.9. The zero-order chi connectivity index (χ0) is 21.2. The maximum Gasteiger partial charge on any atom is 0.264 e. The predicted octanol–water partition coefficient (Wildman–Crippen LogP) is 3.23. The monoisotopic (exact) mass is 461 g/mol. The van der Waals surface area contributed by atoms with E-state index >= 15 is 0 Å². The molecule has 0 saturated carbocycles. The van der Waals surface area contributed by atoms with Crippen LogP contribution in [0.2, 0.25) is 0 Å². The smallest absolute Gasteiger partial charge is 0.264 e. The zero-order valence-electron chi connectivity index (χ0n) is 16.9. The van der Waals surface area contributed by atoms with Gasteiger partial charge in [0.05, 0.1) is 6.42 Å². The molecule has 2 amide bonds. The van der Waals surface area contributed by atoms with E-state index in [0.717, 1.165) is 35.4 Å². The van der Waals surface area contributed by atoms with Crippen molar-refractivity contribution < 1.29 is 14.3 Å². The minimum Gasteiger partial charge on any atom is -0.484 e. The van der Waals surface area contributed by atoms with Crippen LogP contribution in [-0.2, 0) is 16.0 Å². The Morgan fingerprint density at radius 1 is 1.03 bits per heavy atom. The second-order valence-electron chi connectivity index (χ2n) is 6.63. The molecule has 2 rings (SSSR count). The fourth-order valence-electron chi connectivity index (χ4n) is 2.95. The summed E-state index contributed by atoms with van der Waals surface area (Å²) in [4.78, 5) is 28.0. The highest BCUT2D eigenvalue weighted by Gasteiger charge is 2.18. The van der Waals surface area contributed by atoms with Crippen molar-refractivity contribution in [1.29, 1.82) is 0 Å². The largest absolute Gasteiger partial charge is 0.484 e. The fourth-order valence-corrected chi connectivity index (χ4v) is 3.34. The third-order valence-electron chi connectivity index (χ3n) is 4.62. The van der Waals surface area contributed by atoms with Crippen molar-refractivity contribution >= 4 is 33.4 Å². The number of halogens is 1. The van der Waals surface area contributed by atoms with Gasteiger partial charge < -0.3 is 20.3 Å². The third kappa shape index (κ3) is 7.51. The minimum absolute atomic E-state index is 0.0695. The van der Waals surface area contributed by atoms with Gasteiger partial charge in [0.15, 0.2) is 6.61 Å². The Hall–Kier alpha value is -2.38. The van der Waals surface area contributed by atoms with Gasteiger partial charge in [0.1, 0.15) is 5.75 Å². The van der Waals surface area contributed by atoms with E-state index in [0.29, 0.717) is 12.3 Å². The quantitative estimate of drug-likeness (QED) is 0.557. The van der Waals surface area contributed by atoms with Gasteiger partial charge in [0, 0.05) is 23.2 Å². The van der Waals surface area contributed by atoms with E-state index in [1.807, 2.05) is 24.3 Å². The first kappa shape index (κ1) is 22.9. The molecule has 0 saturated heterocycles. The van der Waals surface area contributed by atoms with Crippen LogP contribution in [0.15, 0.2) is 53.0 Å². The SMILES string of the molecule is CCN(CC)CCN(C(=O)COc1ccc(CC(N)=O)cc1)c1cccc(Br)c1. The zero-order valence-corrected chi connectivity index (χ0v) is 18.5. The standard InChI is InChI=1S/C22H28BrN3O3/c1-3-25(4-2)12-13-26(19-7-5-6-18(23)15-19)22(28)16-29-20-10-8-17(9-11-20)14-21(24)27/h5-11,15H,3-4,12-14,16H2,1-2H3,(H2,24,27). The maximum absolute atomic E-state index is 12.9. The van der Waals surface area contributed by atoms with Crippen molar-refractivity contribution in [3.8, 4) is 5.75 Å². The van der Waals surface area contributed by atoms with Crippen LogP contribution in [0.3, 0.4) is 0 Å². The average Bonchev–Trinajstić information content (AvgIpc) is 2.70. The number of rotatable bonds is 11. The molecule has 6 nitrogen and oxygen atoms in total. The molecular formula is C22H28BrN3O3. The lowest BCUT2D eigenvalue weighted by Gasteiger charge is -2.27. The molecule has 0 fully saturated rings. The van der Waals surface area contributed by atoms with E-state index in [1.54, 1.807) is 29.2 Å². The van der Waals surface area contributed by atoms with Crippen LogP contribution in [0.25, 0.3) is 0 Å². The lowest BCUT2D eigenvalue weighted by atomic mass is 10.1. The van der Waals surface area contributed by atoms with Crippen LogP contribution in [0.1, 0.15) is 19.4 Å². The predicted molar refractivity (Wildman–Crippen MR) is 119 cm³/mol. The lowest BCUT2D eigenvalue weighted by molar-refractivity contribution is -0.120. The van der Waals surface area contributed by atoms with Gasteiger partial charge in [0.2, 0.25) is 5.91 Å². The van der Waals surface area contributed by atoms with Gasteiger partial charge in [-0.05, 0) is 49.0 Å². The number of hydrogen-bond donors (Lipinski definition) is 1. The Balaban J connectivity index is 2.05. The lowest BCUT2D eigenvalue weighted by Crippen LogP contribution is -2.41. The molecule has 0 bridgehead atoms. The Labute approximate surface area is 180 Å². The molecule has 0 atom stereocenters. The number of amides is 2. The summed E-state index contributed by atoms with van der Waals surface area (Å²) in [6, 6.07) is 14.7. The molecule has 7 heteroatoms. The van der Waals surface area contributed by atoms with Crippen LogP contribution in [0.5, 0.6) is 5.75 Å². The number of nitrogens with two attached hydrogens (primary N) is 1. The number of ether oxygens (including phenoxy) is 1. The molecule has 0 aromatic heterocycles. The first-order chi connectivity index (χ1) is 13.9. The van der Waals surface area contributed by atoms with Crippen molar-refractivity contribution in [3.05, 3.63) is 58.6 Å². The summed E-state index contributed by atoms with van der Waals surface area (Å²) < 4.78 is 6.61. The van der Waals surface area contributed by atoms with E-state index in [2.05, 4.69) is 34.7 Å². The van der Waals surface area contributed by atoms with Gasteiger partial charge in [-0.2, -0.15) is 0 Å². The normalized spacial score (nSPS) is 10.8. The highest BCUT2D eigenvalue weighted by Crippen LogP contribution is 2.21. The van der Waals surface area contributed by atoms with Crippen molar-refractivity contribution in [2.45, 2.75) is 20.3 Å². The van der Waals surface area contributed by atoms with E-state index in [1.165, 1.54) is 0 Å². The number of hydrogen-bond acceptors (Lipinski definition) is 4. The number of nitrogens with zero attached hydrogens (tertiary/aromatic N) is 2. The topological polar surface area (TPSA) is 75.9 Å². The van der Waals surface area contributed by atoms with Gasteiger partial charge in [-0.1, -0.05) is 48.0 Å². The first-order valence-electron chi connectivity index (χ1n) is 9.71. The second-order valence-corrected chi connectivity index (χ2v) is 7.54. The third-order valence-corrected chi connectivity index (χ3v) is 5.11. The summed E-state index contributed by atoms with van der Waals surface area (Å²) in [6.45, 7) is 7.39. The molecule has 29 heavy (non-hydrogen) atoms. The number of carbonyl (C=O) groups is 2. The van der Waals surface area contributed by atoms with Gasteiger partial charge in [-0.15, -0.1) is 0 Å². The van der Waals surface area contributed by atoms with Crippen molar-refractivity contribution in [2.75, 3.05) is 37.7 Å². The molecular weight excluding hydrogens is 434 g/mol. The van der Waals surface area contributed by atoms with Gasteiger partial charge in [-0.3, -0.25) is 9.59 Å².